The number of nitrogens with zero attached hydrogens (tertiary/aromatic N) is 4. The van der Waals surface area contributed by atoms with Gasteiger partial charge in [-0.15, -0.1) is 22.7 Å². The molecule has 0 N–H and O–H groups in total. The van der Waals surface area contributed by atoms with Crippen LogP contribution < -0.4 is 0 Å². The van der Waals surface area contributed by atoms with Gasteiger partial charge in [0.25, 0.3) is 0 Å². The largest absolute Gasteiger partial charge is 0.235 e. The van der Waals surface area contributed by atoms with Crippen molar-refractivity contribution >= 4 is 53.1 Å². The molecular weight excluding hydrogens is 673 g/mol. The highest BCUT2D eigenvalue weighted by Gasteiger charge is 2.23. The van der Waals surface area contributed by atoms with Gasteiger partial charge in [0.1, 0.15) is 5.01 Å². The minimum absolute atomic E-state index is 0.617. The fourth-order valence-electron chi connectivity index (χ4n) is 6.82. The zero-order chi connectivity index (χ0) is 34.4. The molecule has 7 aromatic carbocycles. The van der Waals surface area contributed by atoms with Crippen molar-refractivity contribution < 1.29 is 0 Å². The maximum atomic E-state index is 5.37. The third-order valence-electron chi connectivity index (χ3n) is 9.41. The first-order valence-corrected chi connectivity index (χ1v) is 18.8. The molecule has 0 fully saturated rings. The van der Waals surface area contributed by atoms with Crippen LogP contribution in [0.5, 0.6) is 0 Å². The third kappa shape index (κ3) is 5.46. The van der Waals surface area contributed by atoms with Crippen LogP contribution in [0.2, 0.25) is 0 Å². The maximum Gasteiger partial charge on any atom is 0.167 e. The number of rotatable bonds is 6. The van der Waals surface area contributed by atoms with Crippen molar-refractivity contribution in [1.29, 1.82) is 0 Å². The van der Waals surface area contributed by atoms with E-state index in [1.54, 1.807) is 22.7 Å². The molecule has 0 aliphatic heterocycles. The van der Waals surface area contributed by atoms with Gasteiger partial charge >= 0.3 is 0 Å². The number of thiazole rings is 1. The minimum Gasteiger partial charge on any atom is -0.235 e. The third-order valence-corrected chi connectivity index (χ3v) is 11.6. The van der Waals surface area contributed by atoms with Gasteiger partial charge in [-0.2, -0.15) is 0 Å². The van der Waals surface area contributed by atoms with E-state index in [2.05, 4.69) is 140 Å². The topological polar surface area (TPSA) is 51.6 Å². The molecule has 0 spiro atoms. The molecular formula is C46H28N4S2. The Kier molecular flexibility index (Phi) is 7.48. The molecule has 4 nitrogen and oxygen atoms in total. The summed E-state index contributed by atoms with van der Waals surface area (Å²) in [6.45, 7) is 0. The number of hydrogen-bond donors (Lipinski definition) is 0. The second-order valence-corrected chi connectivity index (χ2v) is 14.8. The Morgan fingerprint density at radius 1 is 0.327 bits per heavy atom. The molecule has 10 rings (SSSR count). The summed E-state index contributed by atoms with van der Waals surface area (Å²) in [6.07, 6.45) is 0. The van der Waals surface area contributed by atoms with Gasteiger partial charge in [-0.05, 0) is 34.4 Å². The molecule has 0 saturated carbocycles. The van der Waals surface area contributed by atoms with Gasteiger partial charge in [0, 0.05) is 36.9 Å². The van der Waals surface area contributed by atoms with E-state index >= 15 is 0 Å². The fraction of sp³-hybridized carbons (Fsp3) is 0. The average Bonchev–Trinajstić information content (AvgIpc) is 3.82. The van der Waals surface area contributed by atoms with E-state index in [4.69, 9.17) is 19.9 Å². The number of thiophene rings is 1. The summed E-state index contributed by atoms with van der Waals surface area (Å²) in [5, 5.41) is 3.27. The lowest BCUT2D eigenvalue weighted by atomic mass is 10.0. The molecule has 0 aliphatic carbocycles. The highest BCUT2D eigenvalue weighted by atomic mass is 32.1. The van der Waals surface area contributed by atoms with E-state index in [1.807, 2.05) is 30.3 Å². The van der Waals surface area contributed by atoms with Crippen molar-refractivity contribution in [3.63, 3.8) is 0 Å². The molecule has 3 aromatic heterocycles. The van der Waals surface area contributed by atoms with Gasteiger partial charge in [-0.3, -0.25) is 0 Å². The Bertz CT molecular complexity index is 2860. The van der Waals surface area contributed by atoms with Crippen LogP contribution in [0.4, 0.5) is 0 Å². The van der Waals surface area contributed by atoms with E-state index in [0.717, 1.165) is 48.4 Å². The normalized spacial score (nSPS) is 11.5. The number of benzene rings is 7. The molecule has 0 saturated heterocycles. The van der Waals surface area contributed by atoms with Crippen molar-refractivity contribution in [3.05, 3.63) is 170 Å². The highest BCUT2D eigenvalue weighted by Crippen LogP contribution is 2.46. The van der Waals surface area contributed by atoms with Crippen molar-refractivity contribution in [2.75, 3.05) is 0 Å². The van der Waals surface area contributed by atoms with Crippen molar-refractivity contribution in [3.8, 4) is 67.0 Å². The van der Waals surface area contributed by atoms with Crippen molar-refractivity contribution in [1.82, 2.24) is 19.9 Å². The van der Waals surface area contributed by atoms with Crippen molar-refractivity contribution in [2.45, 2.75) is 0 Å². The van der Waals surface area contributed by atoms with Crippen LogP contribution in [0.15, 0.2) is 170 Å². The Hall–Kier alpha value is -6.34. The zero-order valence-corrected chi connectivity index (χ0v) is 29.4. The second kappa shape index (κ2) is 12.8. The second-order valence-electron chi connectivity index (χ2n) is 12.6. The van der Waals surface area contributed by atoms with Crippen LogP contribution >= 0.6 is 22.7 Å². The summed E-state index contributed by atoms with van der Waals surface area (Å²) in [4.78, 5) is 20.9. The molecule has 10 aromatic rings. The summed E-state index contributed by atoms with van der Waals surface area (Å²) in [7, 11) is 0. The van der Waals surface area contributed by atoms with E-state index in [9.17, 15) is 0 Å². The van der Waals surface area contributed by atoms with Gasteiger partial charge < -0.3 is 0 Å². The lowest BCUT2D eigenvalue weighted by Gasteiger charge is -2.11. The van der Waals surface area contributed by atoms with E-state index in [-0.39, 0.29) is 0 Å². The van der Waals surface area contributed by atoms with Gasteiger partial charge in [-0.1, -0.05) is 158 Å². The standard InChI is InChI=1S/C46H28N4S2/c1-4-12-29(13-5-1)31-20-24-34(25-21-31)44-48-43(33-16-8-3-9-17-33)49-45(50-44)41-40-36-18-10-11-19-37(36)51-38(40)28-39-42(41)47-46(52-39)35-26-22-32(23-27-35)30-14-6-2-7-15-30/h1-28H. The number of hydrogen-bond acceptors (Lipinski definition) is 6. The van der Waals surface area contributed by atoms with Crippen LogP contribution in [0.3, 0.4) is 0 Å². The lowest BCUT2D eigenvalue weighted by Crippen LogP contribution is -2.01. The SMILES string of the molecule is c1ccc(-c2ccc(-c3nc(-c4ccccc4)nc(-c4c5nc(-c6ccc(-c7ccccc7)cc6)sc5cc5sc6ccccc6c45)n3)cc2)cc1. The van der Waals surface area contributed by atoms with Gasteiger partial charge in [-0.25, -0.2) is 19.9 Å². The molecule has 0 unspecified atom stereocenters. The molecule has 0 aliphatic rings. The number of aromatic nitrogens is 4. The molecule has 6 heteroatoms. The number of fused-ring (bicyclic) bond motifs is 4. The van der Waals surface area contributed by atoms with Crippen LogP contribution in [0, 0.1) is 0 Å². The zero-order valence-electron chi connectivity index (χ0n) is 27.8. The Morgan fingerprint density at radius 2 is 0.788 bits per heavy atom. The monoisotopic (exact) mass is 700 g/mol. The molecule has 52 heavy (non-hydrogen) atoms. The summed E-state index contributed by atoms with van der Waals surface area (Å²) in [5.74, 6) is 1.87. The molecule has 0 radical (unpaired) electrons. The first kappa shape index (κ1) is 30.5. The van der Waals surface area contributed by atoms with Crippen LogP contribution in [0.25, 0.3) is 97.4 Å². The molecule has 0 bridgehead atoms. The Morgan fingerprint density at radius 3 is 1.40 bits per heavy atom. The predicted molar refractivity (Wildman–Crippen MR) is 219 cm³/mol. The summed E-state index contributed by atoms with van der Waals surface area (Å²) < 4.78 is 3.52. The maximum absolute atomic E-state index is 5.37. The van der Waals surface area contributed by atoms with Gasteiger partial charge in [0.2, 0.25) is 0 Å². The van der Waals surface area contributed by atoms with E-state index in [1.165, 1.54) is 31.5 Å². The van der Waals surface area contributed by atoms with Crippen LogP contribution in [-0.2, 0) is 0 Å². The first-order chi connectivity index (χ1) is 25.7. The van der Waals surface area contributed by atoms with Crippen molar-refractivity contribution in [2.24, 2.45) is 0 Å². The minimum atomic E-state index is 0.617. The van der Waals surface area contributed by atoms with E-state index in [0.29, 0.717) is 17.5 Å². The molecule has 0 atom stereocenters. The van der Waals surface area contributed by atoms with Crippen LogP contribution in [-0.4, -0.2) is 19.9 Å². The molecule has 0 amide bonds. The summed E-state index contributed by atoms with van der Waals surface area (Å²) in [6, 6.07) is 59.1. The highest BCUT2D eigenvalue weighted by molar-refractivity contribution is 7.27. The summed E-state index contributed by atoms with van der Waals surface area (Å²) in [5.41, 5.74) is 9.48. The quantitative estimate of drug-likeness (QED) is 0.173. The van der Waals surface area contributed by atoms with Crippen LogP contribution in [0.1, 0.15) is 0 Å². The predicted octanol–water partition coefficient (Wildman–Crippen LogP) is 12.9. The van der Waals surface area contributed by atoms with Gasteiger partial charge in [0.05, 0.1) is 15.8 Å². The van der Waals surface area contributed by atoms with E-state index < -0.39 is 0 Å². The molecule has 3 heterocycles. The average molecular weight is 701 g/mol. The van der Waals surface area contributed by atoms with Gasteiger partial charge in [0.15, 0.2) is 17.5 Å². The Balaban J connectivity index is 1.19. The fourth-order valence-corrected chi connectivity index (χ4v) is 9.07. The molecule has 244 valence electrons. The summed E-state index contributed by atoms with van der Waals surface area (Å²) >= 11 is 3.51. The lowest BCUT2D eigenvalue weighted by molar-refractivity contribution is 1.08. The smallest absolute Gasteiger partial charge is 0.167 e. The first-order valence-electron chi connectivity index (χ1n) is 17.1. The Labute approximate surface area is 308 Å².